The summed E-state index contributed by atoms with van der Waals surface area (Å²) in [6.45, 7) is 0. The largest absolute Gasteiger partial charge is 0.354 e. The Morgan fingerprint density at radius 1 is 0.415 bits per heavy atom. The van der Waals surface area contributed by atoms with E-state index >= 15 is 0 Å². The van der Waals surface area contributed by atoms with E-state index in [0.29, 0.717) is 0 Å². The smallest absolute Gasteiger partial charge is 0.0560 e. The fourth-order valence-corrected chi connectivity index (χ4v) is 6.58. The molecule has 6 aromatic carbocycles. The van der Waals surface area contributed by atoms with Crippen molar-refractivity contribution >= 4 is 54.5 Å². The average molecular weight is 524 g/mol. The van der Waals surface area contributed by atoms with Crippen LogP contribution in [0.1, 0.15) is 0 Å². The maximum atomic E-state index is 3.71. The van der Waals surface area contributed by atoms with Gasteiger partial charge in [-0.2, -0.15) is 0 Å². The highest BCUT2D eigenvalue weighted by molar-refractivity contribution is 6.17. The van der Waals surface area contributed by atoms with Crippen molar-refractivity contribution in [1.82, 2.24) is 14.1 Å². The second-order valence-electron chi connectivity index (χ2n) is 10.7. The summed E-state index contributed by atoms with van der Waals surface area (Å²) in [5, 5.41) is 6.30. The van der Waals surface area contributed by atoms with Gasteiger partial charge in [0.25, 0.3) is 0 Å². The number of nitrogens with zero attached hydrogens (tertiary/aromatic N) is 2. The molecular weight excluding hydrogens is 498 g/mol. The molecule has 192 valence electrons. The Balaban J connectivity index is 1.15. The van der Waals surface area contributed by atoms with E-state index in [1.807, 2.05) is 0 Å². The molecule has 0 aliphatic rings. The first-order chi connectivity index (χ1) is 20.3. The minimum Gasteiger partial charge on any atom is -0.354 e. The van der Waals surface area contributed by atoms with Crippen LogP contribution in [0, 0.1) is 0 Å². The lowest BCUT2D eigenvalue weighted by molar-refractivity contribution is 1.13. The van der Waals surface area contributed by atoms with Gasteiger partial charge >= 0.3 is 0 Å². The van der Waals surface area contributed by atoms with Gasteiger partial charge in [-0.15, -0.1) is 0 Å². The minimum atomic E-state index is 1.16. The monoisotopic (exact) mass is 523 g/mol. The number of rotatable bonds is 3. The van der Waals surface area contributed by atoms with Crippen molar-refractivity contribution in [3.8, 4) is 22.5 Å². The second kappa shape index (κ2) is 8.48. The molecule has 3 aromatic heterocycles. The lowest BCUT2D eigenvalue weighted by atomic mass is 10.0. The third-order valence-corrected chi connectivity index (χ3v) is 8.51. The van der Waals surface area contributed by atoms with E-state index in [1.54, 1.807) is 0 Å². The Labute approximate surface area is 236 Å². The van der Waals surface area contributed by atoms with Crippen LogP contribution in [-0.4, -0.2) is 14.1 Å². The first kappa shape index (κ1) is 22.3. The van der Waals surface area contributed by atoms with Gasteiger partial charge in [0, 0.05) is 50.0 Å². The van der Waals surface area contributed by atoms with E-state index in [9.17, 15) is 0 Å². The highest BCUT2D eigenvalue weighted by Crippen LogP contribution is 2.36. The fraction of sp³-hybridized carbons (Fsp3) is 0. The Morgan fingerprint density at radius 2 is 1.10 bits per heavy atom. The Kier molecular flexibility index (Phi) is 4.61. The predicted molar refractivity (Wildman–Crippen MR) is 172 cm³/mol. The molecule has 0 spiro atoms. The molecule has 0 amide bonds. The van der Waals surface area contributed by atoms with Crippen LogP contribution in [0.5, 0.6) is 0 Å². The van der Waals surface area contributed by atoms with Crippen molar-refractivity contribution in [2.24, 2.45) is 0 Å². The molecule has 0 saturated heterocycles. The summed E-state index contributed by atoms with van der Waals surface area (Å²) in [4.78, 5) is 3.71. The first-order valence-electron chi connectivity index (χ1n) is 14.0. The second-order valence-corrected chi connectivity index (χ2v) is 10.7. The van der Waals surface area contributed by atoms with Gasteiger partial charge in [0.2, 0.25) is 0 Å². The van der Waals surface area contributed by atoms with E-state index in [0.717, 1.165) is 5.52 Å². The third-order valence-electron chi connectivity index (χ3n) is 8.51. The van der Waals surface area contributed by atoms with Crippen molar-refractivity contribution in [3.63, 3.8) is 0 Å². The molecule has 0 fully saturated rings. The molecule has 9 aromatic rings. The van der Waals surface area contributed by atoms with E-state index in [4.69, 9.17) is 0 Å². The van der Waals surface area contributed by atoms with Crippen LogP contribution in [0.25, 0.3) is 77.0 Å². The zero-order valence-electron chi connectivity index (χ0n) is 22.3. The highest BCUT2D eigenvalue weighted by atomic mass is 15.0. The summed E-state index contributed by atoms with van der Waals surface area (Å²) in [6.07, 6.45) is 2.16. The van der Waals surface area contributed by atoms with E-state index in [1.165, 1.54) is 71.5 Å². The summed E-state index contributed by atoms with van der Waals surface area (Å²) < 4.78 is 4.62. The number of nitrogens with one attached hydrogen (secondary N) is 1. The molecule has 0 saturated carbocycles. The molecule has 3 heterocycles. The fourth-order valence-electron chi connectivity index (χ4n) is 6.58. The van der Waals surface area contributed by atoms with Crippen LogP contribution in [-0.2, 0) is 0 Å². The number of aromatic nitrogens is 3. The van der Waals surface area contributed by atoms with Crippen molar-refractivity contribution in [1.29, 1.82) is 0 Å². The number of benzene rings is 6. The van der Waals surface area contributed by atoms with Crippen LogP contribution in [0.2, 0.25) is 0 Å². The first-order valence-corrected chi connectivity index (χ1v) is 14.0. The molecule has 0 aliphatic carbocycles. The number of para-hydroxylation sites is 3. The summed E-state index contributed by atoms with van der Waals surface area (Å²) >= 11 is 0. The summed E-state index contributed by atoms with van der Waals surface area (Å²) in [5.74, 6) is 0. The number of H-pyrrole nitrogens is 1. The van der Waals surface area contributed by atoms with Crippen molar-refractivity contribution in [2.45, 2.75) is 0 Å². The number of hydrogen-bond donors (Lipinski definition) is 1. The van der Waals surface area contributed by atoms with Crippen LogP contribution in [0.15, 0.2) is 146 Å². The molecule has 9 rings (SSSR count). The summed E-state index contributed by atoms with van der Waals surface area (Å²) in [5.41, 5.74) is 10.8. The molecule has 3 heteroatoms. The van der Waals surface area contributed by atoms with E-state index < -0.39 is 0 Å². The molecule has 0 unspecified atom stereocenters. The average Bonchev–Trinajstić information content (AvgIpc) is 3.73. The lowest BCUT2D eigenvalue weighted by Crippen LogP contribution is -1.93. The highest BCUT2D eigenvalue weighted by Gasteiger charge is 2.14. The zero-order chi connectivity index (χ0) is 26.9. The maximum Gasteiger partial charge on any atom is 0.0560 e. The molecule has 0 aliphatic heterocycles. The SMILES string of the molecule is c1ccc(-n2ccc3c4[nH]c5ccc(-c6ccc(-n7c8ccccc8c8ccccc87)cc6)cc5c4ccc32)cc1. The van der Waals surface area contributed by atoms with Gasteiger partial charge in [0.05, 0.1) is 22.1 Å². The molecule has 0 atom stereocenters. The Hall–Kier alpha value is -5.54. The maximum absolute atomic E-state index is 3.71. The van der Waals surface area contributed by atoms with Gasteiger partial charge in [-0.05, 0) is 71.8 Å². The molecule has 3 nitrogen and oxygen atoms in total. The summed E-state index contributed by atoms with van der Waals surface area (Å²) in [6, 6.07) is 50.3. The topological polar surface area (TPSA) is 25.6 Å². The van der Waals surface area contributed by atoms with Crippen molar-refractivity contribution < 1.29 is 0 Å². The van der Waals surface area contributed by atoms with E-state index in [2.05, 4.69) is 160 Å². The van der Waals surface area contributed by atoms with Gasteiger partial charge in [0.15, 0.2) is 0 Å². The zero-order valence-corrected chi connectivity index (χ0v) is 22.3. The number of fused-ring (bicyclic) bond motifs is 8. The third kappa shape index (κ3) is 3.26. The van der Waals surface area contributed by atoms with Crippen molar-refractivity contribution in [3.05, 3.63) is 146 Å². The summed E-state index contributed by atoms with van der Waals surface area (Å²) in [7, 11) is 0. The van der Waals surface area contributed by atoms with Gasteiger partial charge in [0.1, 0.15) is 0 Å². The molecule has 0 radical (unpaired) electrons. The molecule has 41 heavy (non-hydrogen) atoms. The van der Waals surface area contributed by atoms with Crippen LogP contribution in [0.4, 0.5) is 0 Å². The molecule has 0 bridgehead atoms. The van der Waals surface area contributed by atoms with Gasteiger partial charge in [-0.25, -0.2) is 0 Å². The van der Waals surface area contributed by atoms with Gasteiger partial charge in [-0.1, -0.05) is 78.9 Å². The van der Waals surface area contributed by atoms with E-state index in [-0.39, 0.29) is 0 Å². The lowest BCUT2D eigenvalue weighted by Gasteiger charge is -2.09. The molecule has 1 N–H and O–H groups in total. The van der Waals surface area contributed by atoms with Crippen LogP contribution < -0.4 is 0 Å². The number of aromatic amines is 1. The normalized spacial score (nSPS) is 11.9. The Morgan fingerprint density at radius 3 is 1.85 bits per heavy atom. The number of hydrogen-bond acceptors (Lipinski definition) is 0. The van der Waals surface area contributed by atoms with Crippen molar-refractivity contribution in [2.75, 3.05) is 0 Å². The van der Waals surface area contributed by atoms with Crippen LogP contribution in [0.3, 0.4) is 0 Å². The minimum absolute atomic E-state index is 1.16. The Bertz CT molecular complexity index is 2350. The quantitative estimate of drug-likeness (QED) is 0.238. The molecular formula is C38H25N3. The standard InChI is InChI=1S/C38H25N3/c1-2-8-27(9-3-1)40-23-22-32-35(40)21-19-31-33-24-26(16-20-34(33)39-38(31)32)25-14-17-28(18-15-25)41-36-12-6-4-10-29(36)30-11-5-7-13-37(30)41/h1-24,39H. The predicted octanol–water partition coefficient (Wildman–Crippen LogP) is 10.0. The van der Waals surface area contributed by atoms with Gasteiger partial charge in [-0.3, -0.25) is 0 Å². The van der Waals surface area contributed by atoms with Gasteiger partial charge < -0.3 is 14.1 Å². The van der Waals surface area contributed by atoms with Crippen LogP contribution >= 0.6 is 0 Å².